The van der Waals surface area contributed by atoms with Gasteiger partial charge in [-0.15, -0.1) is 0 Å². The lowest BCUT2D eigenvalue weighted by atomic mass is 10.1. The first kappa shape index (κ1) is 19.8. The topological polar surface area (TPSA) is 73.4 Å². The smallest absolute Gasteiger partial charge is 0.258 e. The molecule has 4 aromatic rings. The van der Waals surface area contributed by atoms with E-state index in [9.17, 15) is 4.79 Å². The summed E-state index contributed by atoms with van der Waals surface area (Å²) in [6.07, 6.45) is 2.53. The molecular weight excluding hydrogens is 376 g/mol. The minimum Gasteiger partial charge on any atom is -0.489 e. The lowest BCUT2D eigenvalue weighted by molar-refractivity contribution is 0.305. The molecule has 0 saturated heterocycles. The summed E-state index contributed by atoms with van der Waals surface area (Å²) in [4.78, 5) is 17.3. The molecule has 0 saturated carbocycles. The predicted molar refractivity (Wildman–Crippen MR) is 119 cm³/mol. The number of pyridine rings is 2. The van der Waals surface area contributed by atoms with E-state index < -0.39 is 0 Å². The SMILES string of the molecule is CN(N)CCc1ccc2cc(-n3ccc(OCc4ccccc4)cc3=O)ccc2n1. The number of rotatable bonds is 7. The van der Waals surface area contributed by atoms with Crippen molar-refractivity contribution < 1.29 is 4.74 Å². The van der Waals surface area contributed by atoms with Crippen LogP contribution in [0.5, 0.6) is 5.75 Å². The number of hydrogen-bond acceptors (Lipinski definition) is 5. The Balaban J connectivity index is 1.52. The number of ether oxygens (including phenoxy) is 1. The fourth-order valence-corrected chi connectivity index (χ4v) is 3.24. The molecule has 2 aromatic heterocycles. The molecule has 2 aromatic carbocycles. The summed E-state index contributed by atoms with van der Waals surface area (Å²) in [5.74, 6) is 6.23. The van der Waals surface area contributed by atoms with E-state index >= 15 is 0 Å². The summed E-state index contributed by atoms with van der Waals surface area (Å²) >= 11 is 0. The van der Waals surface area contributed by atoms with Crippen LogP contribution in [0.25, 0.3) is 16.6 Å². The van der Waals surface area contributed by atoms with Crippen molar-refractivity contribution in [2.24, 2.45) is 5.84 Å². The van der Waals surface area contributed by atoms with Crippen molar-refractivity contribution >= 4 is 10.9 Å². The van der Waals surface area contributed by atoms with Crippen molar-refractivity contribution in [3.8, 4) is 11.4 Å². The van der Waals surface area contributed by atoms with Gasteiger partial charge in [0.15, 0.2) is 0 Å². The molecule has 0 spiro atoms. The standard InChI is InChI=1S/C24H24N4O2/c1-27(25)13-11-20-8-7-19-15-21(9-10-23(19)26-20)28-14-12-22(16-24(28)29)30-17-18-5-3-2-4-6-18/h2-10,12,14-16H,11,13,17,25H2,1H3. The molecule has 30 heavy (non-hydrogen) atoms. The Hall–Kier alpha value is -3.48. The second kappa shape index (κ2) is 8.90. The molecule has 0 fully saturated rings. The van der Waals surface area contributed by atoms with Gasteiger partial charge in [0.2, 0.25) is 0 Å². The molecule has 152 valence electrons. The van der Waals surface area contributed by atoms with Gasteiger partial charge in [-0.2, -0.15) is 0 Å². The molecule has 0 unspecified atom stereocenters. The largest absolute Gasteiger partial charge is 0.489 e. The van der Waals surface area contributed by atoms with E-state index in [0.29, 0.717) is 12.4 Å². The van der Waals surface area contributed by atoms with Gasteiger partial charge in [0.1, 0.15) is 12.4 Å². The Morgan fingerprint density at radius 3 is 2.63 bits per heavy atom. The monoisotopic (exact) mass is 400 g/mol. The van der Waals surface area contributed by atoms with Gasteiger partial charge < -0.3 is 4.74 Å². The highest BCUT2D eigenvalue weighted by Gasteiger charge is 2.06. The second-order valence-corrected chi connectivity index (χ2v) is 7.26. The van der Waals surface area contributed by atoms with Gasteiger partial charge in [-0.25, -0.2) is 5.01 Å². The van der Waals surface area contributed by atoms with E-state index in [1.165, 1.54) is 6.07 Å². The van der Waals surface area contributed by atoms with Crippen LogP contribution in [0.1, 0.15) is 11.3 Å². The Labute approximate surface area is 175 Å². The van der Waals surface area contributed by atoms with E-state index in [4.69, 9.17) is 10.6 Å². The summed E-state index contributed by atoms with van der Waals surface area (Å²) < 4.78 is 7.35. The third kappa shape index (κ3) is 4.74. The van der Waals surface area contributed by atoms with Crippen LogP contribution >= 0.6 is 0 Å². The fourth-order valence-electron chi connectivity index (χ4n) is 3.24. The van der Waals surface area contributed by atoms with Gasteiger partial charge in [0, 0.05) is 49.0 Å². The lowest BCUT2D eigenvalue weighted by Crippen LogP contribution is -2.28. The van der Waals surface area contributed by atoms with Crippen molar-refractivity contribution in [1.29, 1.82) is 0 Å². The van der Waals surface area contributed by atoms with E-state index in [0.717, 1.165) is 40.8 Å². The Kier molecular flexibility index (Phi) is 5.88. The number of aromatic nitrogens is 2. The molecule has 0 atom stereocenters. The van der Waals surface area contributed by atoms with E-state index in [2.05, 4.69) is 4.98 Å². The first-order chi connectivity index (χ1) is 14.6. The highest BCUT2D eigenvalue weighted by molar-refractivity contribution is 5.81. The molecule has 6 heteroatoms. The zero-order chi connectivity index (χ0) is 20.9. The van der Waals surface area contributed by atoms with Crippen molar-refractivity contribution in [3.05, 3.63) is 101 Å². The summed E-state index contributed by atoms with van der Waals surface area (Å²) in [5.41, 5.74) is 3.59. The summed E-state index contributed by atoms with van der Waals surface area (Å²) in [7, 11) is 1.84. The maximum absolute atomic E-state index is 12.6. The van der Waals surface area contributed by atoms with Crippen LogP contribution in [0.4, 0.5) is 0 Å². The first-order valence-corrected chi connectivity index (χ1v) is 9.84. The number of fused-ring (bicyclic) bond motifs is 1. The molecule has 0 amide bonds. The zero-order valence-corrected chi connectivity index (χ0v) is 16.9. The van der Waals surface area contributed by atoms with Gasteiger partial charge >= 0.3 is 0 Å². The lowest BCUT2D eigenvalue weighted by Gasteiger charge is -2.11. The Morgan fingerprint density at radius 2 is 1.87 bits per heavy atom. The molecule has 6 nitrogen and oxygen atoms in total. The van der Waals surface area contributed by atoms with Crippen LogP contribution in [0.3, 0.4) is 0 Å². The molecular formula is C24H24N4O2. The van der Waals surface area contributed by atoms with Gasteiger partial charge in [0.05, 0.1) is 5.52 Å². The number of nitrogens with two attached hydrogens (primary N) is 1. The molecule has 0 radical (unpaired) electrons. The van der Waals surface area contributed by atoms with Crippen LogP contribution in [0.15, 0.2) is 83.8 Å². The molecule has 0 bridgehead atoms. The minimum atomic E-state index is -0.143. The molecule has 2 heterocycles. The van der Waals surface area contributed by atoms with Gasteiger partial charge in [-0.05, 0) is 35.9 Å². The van der Waals surface area contributed by atoms with Crippen LogP contribution in [-0.4, -0.2) is 28.2 Å². The van der Waals surface area contributed by atoms with Gasteiger partial charge in [-0.3, -0.25) is 20.2 Å². The number of likely N-dealkylation sites (N-methyl/N-ethyl adjacent to an activating group) is 1. The van der Waals surface area contributed by atoms with Crippen molar-refractivity contribution in [1.82, 2.24) is 14.6 Å². The number of hydrazine groups is 1. The predicted octanol–water partition coefficient (Wildman–Crippen LogP) is 3.31. The maximum atomic E-state index is 12.6. The molecule has 2 N–H and O–H groups in total. The van der Waals surface area contributed by atoms with Crippen molar-refractivity contribution in [2.75, 3.05) is 13.6 Å². The highest BCUT2D eigenvalue weighted by Crippen LogP contribution is 2.18. The summed E-state index contributed by atoms with van der Waals surface area (Å²) in [6, 6.07) is 23.0. The minimum absolute atomic E-state index is 0.143. The van der Waals surface area contributed by atoms with Gasteiger partial charge in [0.25, 0.3) is 5.56 Å². The number of hydrogen-bond donors (Lipinski definition) is 1. The normalized spacial score (nSPS) is 11.2. The third-order valence-electron chi connectivity index (χ3n) is 4.87. The van der Waals surface area contributed by atoms with Crippen LogP contribution < -0.4 is 16.1 Å². The molecule has 0 aliphatic rings. The fraction of sp³-hybridized carbons (Fsp3) is 0.167. The molecule has 4 rings (SSSR count). The molecule has 0 aliphatic carbocycles. The van der Waals surface area contributed by atoms with Gasteiger partial charge in [-0.1, -0.05) is 36.4 Å². The van der Waals surface area contributed by atoms with Crippen LogP contribution in [-0.2, 0) is 13.0 Å². The summed E-state index contributed by atoms with van der Waals surface area (Å²) in [6.45, 7) is 1.17. The van der Waals surface area contributed by atoms with E-state index in [1.807, 2.05) is 67.7 Å². The zero-order valence-electron chi connectivity index (χ0n) is 16.9. The van der Waals surface area contributed by atoms with E-state index in [1.54, 1.807) is 21.8 Å². The first-order valence-electron chi connectivity index (χ1n) is 9.84. The third-order valence-corrected chi connectivity index (χ3v) is 4.87. The van der Waals surface area contributed by atoms with E-state index in [-0.39, 0.29) is 5.56 Å². The average Bonchev–Trinajstić information content (AvgIpc) is 2.76. The van der Waals surface area contributed by atoms with Crippen molar-refractivity contribution in [3.63, 3.8) is 0 Å². The Morgan fingerprint density at radius 1 is 1.03 bits per heavy atom. The van der Waals surface area contributed by atoms with Crippen LogP contribution in [0.2, 0.25) is 0 Å². The Bertz CT molecular complexity index is 1200. The maximum Gasteiger partial charge on any atom is 0.258 e. The number of nitrogens with zero attached hydrogens (tertiary/aromatic N) is 3. The second-order valence-electron chi connectivity index (χ2n) is 7.26. The highest BCUT2D eigenvalue weighted by atomic mass is 16.5. The van der Waals surface area contributed by atoms with Crippen LogP contribution in [0, 0.1) is 0 Å². The quantitative estimate of drug-likeness (QED) is 0.381. The number of benzene rings is 2. The molecule has 0 aliphatic heterocycles. The van der Waals surface area contributed by atoms with Crippen molar-refractivity contribution in [2.45, 2.75) is 13.0 Å². The summed E-state index contributed by atoms with van der Waals surface area (Å²) in [5, 5.41) is 2.63. The average molecular weight is 400 g/mol.